The lowest BCUT2D eigenvalue weighted by Crippen LogP contribution is -2.04. The first-order chi connectivity index (χ1) is 9.19. The first-order valence-corrected chi connectivity index (χ1v) is 6.76. The molecule has 5 heteroatoms. The number of hydrogen-bond donors (Lipinski definition) is 1. The van der Waals surface area contributed by atoms with Gasteiger partial charge in [-0.15, -0.1) is 0 Å². The highest BCUT2D eigenvalue weighted by Crippen LogP contribution is 2.22. The van der Waals surface area contributed by atoms with Crippen molar-refractivity contribution in [1.82, 2.24) is 4.98 Å². The van der Waals surface area contributed by atoms with Gasteiger partial charge in [-0.3, -0.25) is 0 Å². The normalized spacial score (nSPS) is 10.3. The van der Waals surface area contributed by atoms with Crippen molar-refractivity contribution >= 4 is 21.7 Å². The average Bonchev–Trinajstić information content (AvgIpc) is 2.38. The molecule has 0 saturated heterocycles. The molecule has 2 rings (SSSR count). The summed E-state index contributed by atoms with van der Waals surface area (Å²) in [6, 6.07) is 10.3. The molecule has 0 aliphatic heterocycles. The summed E-state index contributed by atoms with van der Waals surface area (Å²) in [5.74, 6) is 0.621. The van der Waals surface area contributed by atoms with Crippen molar-refractivity contribution in [3.05, 3.63) is 52.4 Å². The lowest BCUT2D eigenvalue weighted by molar-refractivity contribution is 0.286. The lowest BCUT2D eigenvalue weighted by Gasteiger charge is -2.08. The number of rotatable bonds is 5. The van der Waals surface area contributed by atoms with E-state index < -0.39 is 5.82 Å². The molecule has 100 valence electrons. The second-order valence-electron chi connectivity index (χ2n) is 3.91. The van der Waals surface area contributed by atoms with Crippen molar-refractivity contribution in [2.24, 2.45) is 0 Å². The Morgan fingerprint density at radius 3 is 2.89 bits per heavy atom. The van der Waals surface area contributed by atoms with Gasteiger partial charge >= 0.3 is 0 Å². The average molecular weight is 325 g/mol. The van der Waals surface area contributed by atoms with E-state index in [1.807, 2.05) is 25.1 Å². The Morgan fingerprint density at radius 2 is 2.16 bits per heavy atom. The van der Waals surface area contributed by atoms with Crippen LogP contribution in [0.15, 0.2) is 40.9 Å². The minimum atomic E-state index is -0.391. The highest BCUT2D eigenvalue weighted by molar-refractivity contribution is 9.10. The Balaban J connectivity index is 2.03. The molecule has 0 saturated carbocycles. The number of ether oxygens (including phenoxy) is 1. The van der Waals surface area contributed by atoms with E-state index in [9.17, 15) is 4.39 Å². The zero-order valence-electron chi connectivity index (χ0n) is 10.5. The largest absolute Gasteiger partial charge is 0.484 e. The SMILES string of the molecule is CCNc1cccc(COc2ccc(Br)cc2F)n1. The van der Waals surface area contributed by atoms with Crippen LogP contribution in [0.2, 0.25) is 0 Å². The van der Waals surface area contributed by atoms with Crippen LogP contribution in [0, 0.1) is 5.82 Å². The number of nitrogens with zero attached hydrogens (tertiary/aromatic N) is 1. The molecule has 0 bridgehead atoms. The molecule has 1 aromatic heterocycles. The van der Waals surface area contributed by atoms with Crippen molar-refractivity contribution in [1.29, 1.82) is 0 Å². The highest BCUT2D eigenvalue weighted by Gasteiger charge is 2.05. The molecule has 0 atom stereocenters. The molecule has 19 heavy (non-hydrogen) atoms. The lowest BCUT2D eigenvalue weighted by atomic mass is 10.3. The maximum atomic E-state index is 13.6. The predicted molar refractivity (Wildman–Crippen MR) is 76.8 cm³/mol. The predicted octanol–water partition coefficient (Wildman–Crippen LogP) is 3.99. The number of halogens is 2. The van der Waals surface area contributed by atoms with E-state index in [4.69, 9.17) is 4.74 Å². The number of hydrogen-bond acceptors (Lipinski definition) is 3. The van der Waals surface area contributed by atoms with Crippen molar-refractivity contribution in [2.75, 3.05) is 11.9 Å². The van der Waals surface area contributed by atoms with Gasteiger partial charge in [0.15, 0.2) is 11.6 Å². The van der Waals surface area contributed by atoms with Crippen LogP contribution in [-0.4, -0.2) is 11.5 Å². The van der Waals surface area contributed by atoms with Gasteiger partial charge in [0, 0.05) is 11.0 Å². The second kappa shape index (κ2) is 6.52. The molecule has 0 aliphatic rings. The first-order valence-electron chi connectivity index (χ1n) is 5.96. The maximum absolute atomic E-state index is 13.6. The van der Waals surface area contributed by atoms with Gasteiger partial charge in [-0.2, -0.15) is 0 Å². The molecule has 0 unspecified atom stereocenters. The van der Waals surface area contributed by atoms with Crippen LogP contribution >= 0.6 is 15.9 Å². The van der Waals surface area contributed by atoms with E-state index in [-0.39, 0.29) is 12.4 Å². The number of aromatic nitrogens is 1. The summed E-state index contributed by atoms with van der Waals surface area (Å²) < 4.78 is 19.7. The topological polar surface area (TPSA) is 34.1 Å². The van der Waals surface area contributed by atoms with Gasteiger partial charge in [0.25, 0.3) is 0 Å². The summed E-state index contributed by atoms with van der Waals surface area (Å²) in [7, 11) is 0. The molecule has 0 amide bonds. The molecule has 3 nitrogen and oxygen atoms in total. The van der Waals surface area contributed by atoms with Gasteiger partial charge in [0.2, 0.25) is 0 Å². The quantitative estimate of drug-likeness (QED) is 0.902. The molecular formula is C14H14BrFN2O. The van der Waals surface area contributed by atoms with Crippen LogP contribution in [0.5, 0.6) is 5.75 Å². The molecule has 0 radical (unpaired) electrons. The van der Waals surface area contributed by atoms with E-state index in [0.717, 1.165) is 18.1 Å². The molecule has 1 aromatic carbocycles. The minimum Gasteiger partial charge on any atom is -0.484 e. The molecule has 2 aromatic rings. The number of pyridine rings is 1. The van der Waals surface area contributed by atoms with Gasteiger partial charge in [-0.25, -0.2) is 9.37 Å². The Labute approximate surface area is 119 Å². The van der Waals surface area contributed by atoms with Gasteiger partial charge in [-0.05, 0) is 37.3 Å². The van der Waals surface area contributed by atoms with Crippen molar-refractivity contribution in [3.8, 4) is 5.75 Å². The monoisotopic (exact) mass is 324 g/mol. The zero-order chi connectivity index (χ0) is 13.7. The van der Waals surface area contributed by atoms with Gasteiger partial charge in [0.05, 0.1) is 5.69 Å². The fraction of sp³-hybridized carbons (Fsp3) is 0.214. The fourth-order valence-corrected chi connectivity index (χ4v) is 1.92. The molecule has 0 spiro atoms. The summed E-state index contributed by atoms with van der Waals surface area (Å²) in [5, 5.41) is 3.12. The third kappa shape index (κ3) is 3.92. The zero-order valence-corrected chi connectivity index (χ0v) is 12.1. The molecule has 0 aliphatic carbocycles. The summed E-state index contributed by atoms with van der Waals surface area (Å²) in [6.45, 7) is 3.04. The summed E-state index contributed by atoms with van der Waals surface area (Å²) in [4.78, 5) is 4.36. The van der Waals surface area contributed by atoms with E-state index >= 15 is 0 Å². The van der Waals surface area contributed by atoms with Crippen molar-refractivity contribution < 1.29 is 9.13 Å². The van der Waals surface area contributed by atoms with Crippen LogP contribution in [0.25, 0.3) is 0 Å². The highest BCUT2D eigenvalue weighted by atomic mass is 79.9. The molecule has 0 fully saturated rings. The fourth-order valence-electron chi connectivity index (χ4n) is 1.58. The van der Waals surface area contributed by atoms with Crippen LogP contribution < -0.4 is 10.1 Å². The number of anilines is 1. The molecular weight excluding hydrogens is 311 g/mol. The van der Waals surface area contributed by atoms with Crippen LogP contribution in [0.4, 0.5) is 10.2 Å². The third-order valence-corrected chi connectivity index (χ3v) is 2.93. The maximum Gasteiger partial charge on any atom is 0.166 e. The van der Waals surface area contributed by atoms with Crippen LogP contribution in [0.3, 0.4) is 0 Å². The summed E-state index contributed by atoms with van der Waals surface area (Å²) >= 11 is 3.20. The Morgan fingerprint density at radius 1 is 1.32 bits per heavy atom. The number of nitrogens with one attached hydrogen (secondary N) is 1. The smallest absolute Gasteiger partial charge is 0.166 e. The summed E-state index contributed by atoms with van der Waals surface area (Å²) in [5.41, 5.74) is 0.751. The Bertz CT molecular complexity index is 563. The Kier molecular flexibility index (Phi) is 4.74. The van der Waals surface area contributed by atoms with Crippen LogP contribution in [0.1, 0.15) is 12.6 Å². The minimum absolute atomic E-state index is 0.221. The van der Waals surface area contributed by atoms with Crippen LogP contribution in [-0.2, 0) is 6.61 Å². The van der Waals surface area contributed by atoms with Gasteiger partial charge in [0.1, 0.15) is 12.4 Å². The molecule has 1 N–H and O–H groups in total. The number of benzene rings is 1. The van der Waals surface area contributed by atoms with E-state index in [2.05, 4.69) is 26.2 Å². The van der Waals surface area contributed by atoms with E-state index in [1.54, 1.807) is 12.1 Å². The molecule has 1 heterocycles. The second-order valence-corrected chi connectivity index (χ2v) is 4.82. The van der Waals surface area contributed by atoms with Crippen molar-refractivity contribution in [2.45, 2.75) is 13.5 Å². The standard InChI is InChI=1S/C14H14BrFN2O/c1-2-17-14-5-3-4-11(18-14)9-19-13-7-6-10(15)8-12(13)16/h3-8H,2,9H2,1H3,(H,17,18). The van der Waals surface area contributed by atoms with Gasteiger partial charge in [-0.1, -0.05) is 22.0 Å². The first kappa shape index (κ1) is 13.8. The summed E-state index contributed by atoms with van der Waals surface area (Å²) in [6.07, 6.45) is 0. The van der Waals surface area contributed by atoms with Crippen molar-refractivity contribution in [3.63, 3.8) is 0 Å². The third-order valence-electron chi connectivity index (χ3n) is 2.43. The Hall–Kier alpha value is -1.62. The van der Waals surface area contributed by atoms with Gasteiger partial charge < -0.3 is 10.1 Å². The van der Waals surface area contributed by atoms with E-state index in [1.165, 1.54) is 6.07 Å². The van der Waals surface area contributed by atoms with E-state index in [0.29, 0.717) is 4.47 Å².